The van der Waals surface area contributed by atoms with E-state index in [1.165, 1.54) is 60.8 Å². The van der Waals surface area contributed by atoms with Crippen LogP contribution in [-0.2, 0) is 0 Å². The van der Waals surface area contributed by atoms with E-state index in [0.717, 1.165) is 55.7 Å². The summed E-state index contributed by atoms with van der Waals surface area (Å²) in [5, 5.41) is 4.76. The lowest BCUT2D eigenvalue weighted by Gasteiger charge is -2.26. The summed E-state index contributed by atoms with van der Waals surface area (Å²) in [5.41, 5.74) is 19.2. The molecule has 0 atom stereocenters. The highest BCUT2D eigenvalue weighted by molar-refractivity contribution is 6.06. The fraction of sp³-hybridized carbons (Fsp3) is 0. The van der Waals surface area contributed by atoms with E-state index in [2.05, 4.69) is 254 Å². The van der Waals surface area contributed by atoms with Crippen LogP contribution in [0.1, 0.15) is 0 Å². The van der Waals surface area contributed by atoms with E-state index in [-0.39, 0.29) is 0 Å². The fourth-order valence-corrected chi connectivity index (χ4v) is 9.40. The Labute approximate surface area is 384 Å². The molecule has 1 aromatic heterocycles. The number of benzene rings is 11. The van der Waals surface area contributed by atoms with Gasteiger partial charge in [-0.25, -0.2) is 0 Å². The summed E-state index contributed by atoms with van der Waals surface area (Å²) in [6, 6.07) is 94.0. The second-order valence-electron chi connectivity index (χ2n) is 17.0. The molecule has 0 radical (unpaired) electrons. The van der Waals surface area contributed by atoms with Gasteiger partial charge >= 0.3 is 0 Å². The van der Waals surface area contributed by atoms with Crippen LogP contribution in [0.5, 0.6) is 0 Å². The van der Waals surface area contributed by atoms with Gasteiger partial charge in [-0.2, -0.15) is 0 Å². The van der Waals surface area contributed by atoms with Gasteiger partial charge in [-0.3, -0.25) is 0 Å². The number of fused-ring (bicyclic) bond motifs is 4. The van der Waals surface area contributed by atoms with Gasteiger partial charge in [0, 0.05) is 27.8 Å². The van der Waals surface area contributed by atoms with Crippen molar-refractivity contribution in [3.05, 3.63) is 261 Å². The molecule has 66 heavy (non-hydrogen) atoms. The van der Waals surface area contributed by atoms with Gasteiger partial charge in [-0.05, 0) is 162 Å². The Morgan fingerprint density at radius 2 is 0.591 bits per heavy atom. The van der Waals surface area contributed by atoms with Crippen molar-refractivity contribution in [1.29, 1.82) is 0 Å². The van der Waals surface area contributed by atoms with E-state index in [9.17, 15) is 0 Å². The van der Waals surface area contributed by atoms with Crippen LogP contribution >= 0.6 is 0 Å². The maximum Gasteiger partial charge on any atom is 0.135 e. The molecule has 0 saturated carbocycles. The molecule has 12 aromatic rings. The minimum absolute atomic E-state index is 0.901. The molecule has 11 aromatic carbocycles. The van der Waals surface area contributed by atoms with E-state index < -0.39 is 0 Å². The minimum atomic E-state index is 0.901. The molecule has 0 amide bonds. The van der Waals surface area contributed by atoms with Crippen LogP contribution in [0.25, 0.3) is 99.5 Å². The predicted molar refractivity (Wildman–Crippen MR) is 279 cm³/mol. The number of anilines is 3. The van der Waals surface area contributed by atoms with E-state index >= 15 is 0 Å². The minimum Gasteiger partial charge on any atom is -0.456 e. The first-order valence-corrected chi connectivity index (χ1v) is 22.5. The normalized spacial score (nSPS) is 11.3. The molecule has 0 aliphatic carbocycles. The SMILES string of the molecule is c1ccc(-c2cc(-c3ccccc3)cc(-c3ccc(N(c4ccc(-c5cccc(-c6ccc7ccccc7c6)c5)cc4)c4ccc(-c5ccc6oc7ccccc7c6c5)cc4)cc3)c2)cc1. The highest BCUT2D eigenvalue weighted by Crippen LogP contribution is 2.40. The molecule has 0 N–H and O–H groups in total. The van der Waals surface area contributed by atoms with Crippen molar-refractivity contribution in [1.82, 2.24) is 0 Å². The number of hydrogen-bond donors (Lipinski definition) is 0. The maximum atomic E-state index is 6.15. The van der Waals surface area contributed by atoms with Gasteiger partial charge in [0.2, 0.25) is 0 Å². The van der Waals surface area contributed by atoms with Gasteiger partial charge in [0.25, 0.3) is 0 Å². The smallest absolute Gasteiger partial charge is 0.135 e. The molecule has 0 aliphatic rings. The highest BCUT2D eigenvalue weighted by atomic mass is 16.3. The van der Waals surface area contributed by atoms with Crippen LogP contribution in [0.4, 0.5) is 17.1 Å². The highest BCUT2D eigenvalue weighted by Gasteiger charge is 2.16. The third kappa shape index (κ3) is 7.51. The van der Waals surface area contributed by atoms with Crippen LogP contribution in [0, 0.1) is 0 Å². The molecule has 0 spiro atoms. The lowest BCUT2D eigenvalue weighted by Crippen LogP contribution is -2.09. The van der Waals surface area contributed by atoms with E-state index in [1.54, 1.807) is 0 Å². The first-order chi connectivity index (χ1) is 32.7. The number of hydrogen-bond acceptors (Lipinski definition) is 2. The molecule has 2 nitrogen and oxygen atoms in total. The van der Waals surface area contributed by atoms with Crippen molar-refractivity contribution in [3.8, 4) is 66.8 Å². The van der Waals surface area contributed by atoms with Gasteiger partial charge in [0.1, 0.15) is 11.2 Å². The standard InChI is InChI=1S/C64H43NO/c1-3-12-44(13-4-1)55-40-56(45-14-5-2-6-15-45)42-57(41-55)49-28-35-60(36-29-49)65(59-33-26-48(27-34-59)54-30-37-64-62(43-54)61-20-9-10-21-63(61)66-64)58-31-24-47(25-32-58)51-18-11-19-52(38-51)53-23-22-46-16-7-8-17-50(46)39-53/h1-43H. The van der Waals surface area contributed by atoms with Crippen LogP contribution in [0.15, 0.2) is 265 Å². The van der Waals surface area contributed by atoms with Crippen molar-refractivity contribution in [2.75, 3.05) is 4.90 Å². The average Bonchev–Trinajstić information content (AvgIpc) is 3.78. The van der Waals surface area contributed by atoms with Gasteiger partial charge in [0.05, 0.1) is 0 Å². The molecular weight excluding hydrogens is 799 g/mol. The zero-order chi connectivity index (χ0) is 43.8. The average molecular weight is 842 g/mol. The molecule has 0 saturated heterocycles. The summed E-state index contributed by atoms with van der Waals surface area (Å²) in [6.45, 7) is 0. The lowest BCUT2D eigenvalue weighted by molar-refractivity contribution is 0.669. The Bertz CT molecular complexity index is 3610. The molecule has 2 heteroatoms. The van der Waals surface area contributed by atoms with Crippen molar-refractivity contribution in [3.63, 3.8) is 0 Å². The monoisotopic (exact) mass is 841 g/mol. The van der Waals surface area contributed by atoms with Crippen molar-refractivity contribution in [2.24, 2.45) is 0 Å². The fourth-order valence-electron chi connectivity index (χ4n) is 9.40. The molecule has 0 bridgehead atoms. The molecule has 0 unspecified atom stereocenters. The van der Waals surface area contributed by atoms with Crippen molar-refractivity contribution in [2.45, 2.75) is 0 Å². The first kappa shape index (κ1) is 38.9. The van der Waals surface area contributed by atoms with Gasteiger partial charge in [-0.15, -0.1) is 0 Å². The van der Waals surface area contributed by atoms with Crippen molar-refractivity contribution < 1.29 is 4.42 Å². The Morgan fingerprint density at radius 3 is 1.18 bits per heavy atom. The van der Waals surface area contributed by atoms with E-state index in [4.69, 9.17) is 4.42 Å². The van der Waals surface area contributed by atoms with Gasteiger partial charge in [-0.1, -0.05) is 176 Å². The predicted octanol–water partition coefficient (Wildman–Crippen LogP) is 18.2. The molecular formula is C64H43NO. The van der Waals surface area contributed by atoms with E-state index in [1.807, 2.05) is 12.1 Å². The summed E-state index contributed by atoms with van der Waals surface area (Å²) in [7, 11) is 0. The number of nitrogens with zero attached hydrogens (tertiary/aromatic N) is 1. The van der Waals surface area contributed by atoms with Gasteiger partial charge in [0.15, 0.2) is 0 Å². The zero-order valence-corrected chi connectivity index (χ0v) is 36.2. The molecule has 0 aliphatic heterocycles. The third-order valence-corrected chi connectivity index (χ3v) is 12.8. The summed E-state index contributed by atoms with van der Waals surface area (Å²) in [5.74, 6) is 0. The first-order valence-electron chi connectivity index (χ1n) is 22.5. The van der Waals surface area contributed by atoms with Gasteiger partial charge < -0.3 is 9.32 Å². The summed E-state index contributed by atoms with van der Waals surface area (Å²) < 4.78 is 6.15. The summed E-state index contributed by atoms with van der Waals surface area (Å²) in [6.07, 6.45) is 0. The Morgan fingerprint density at radius 1 is 0.212 bits per heavy atom. The topological polar surface area (TPSA) is 16.4 Å². The quantitative estimate of drug-likeness (QED) is 0.144. The van der Waals surface area contributed by atoms with Crippen LogP contribution in [0.3, 0.4) is 0 Å². The zero-order valence-electron chi connectivity index (χ0n) is 36.2. The molecule has 0 fully saturated rings. The Balaban J connectivity index is 0.914. The van der Waals surface area contributed by atoms with Crippen LogP contribution < -0.4 is 4.90 Å². The maximum absolute atomic E-state index is 6.15. The Hall–Kier alpha value is -8.72. The Kier molecular flexibility index (Phi) is 9.89. The van der Waals surface area contributed by atoms with Crippen molar-refractivity contribution >= 4 is 49.8 Å². The molecule has 310 valence electrons. The van der Waals surface area contributed by atoms with Crippen LogP contribution in [0.2, 0.25) is 0 Å². The summed E-state index contributed by atoms with van der Waals surface area (Å²) >= 11 is 0. The second kappa shape index (κ2) is 16.8. The number of rotatable bonds is 9. The van der Waals surface area contributed by atoms with Crippen LogP contribution in [-0.4, -0.2) is 0 Å². The number of para-hydroxylation sites is 1. The third-order valence-electron chi connectivity index (χ3n) is 12.8. The number of furan rings is 1. The molecule has 1 heterocycles. The summed E-state index contributed by atoms with van der Waals surface area (Å²) in [4.78, 5) is 2.35. The largest absolute Gasteiger partial charge is 0.456 e. The second-order valence-corrected chi connectivity index (χ2v) is 17.0. The lowest BCUT2D eigenvalue weighted by atomic mass is 9.93. The molecule has 12 rings (SSSR count). The van der Waals surface area contributed by atoms with E-state index in [0.29, 0.717) is 0 Å².